The first-order valence-electron chi connectivity index (χ1n) is 7.18. The summed E-state index contributed by atoms with van der Waals surface area (Å²) in [5.41, 5.74) is 0.360. The fourth-order valence-corrected chi connectivity index (χ4v) is 2.17. The van der Waals surface area contributed by atoms with E-state index in [4.69, 9.17) is 9.94 Å². The molecule has 0 bridgehead atoms. The number of hydrogen-bond acceptors (Lipinski definition) is 6. The molecular weight excluding hydrogens is 288 g/mol. The van der Waals surface area contributed by atoms with Gasteiger partial charge in [-0.05, 0) is 26.8 Å². The Morgan fingerprint density at radius 3 is 2.41 bits per heavy atom. The highest BCUT2D eigenvalue weighted by molar-refractivity contribution is 5.68. The number of anilines is 1. The SMILES string of the molecule is CC(C)(C)OC(=O)N1CCN(c2ccc([NH+]([O-])O)nc2)CC1. The smallest absolute Gasteiger partial charge is 0.410 e. The molecule has 122 valence electrons. The Morgan fingerprint density at radius 2 is 1.95 bits per heavy atom. The molecule has 0 radical (unpaired) electrons. The van der Waals surface area contributed by atoms with Crippen molar-refractivity contribution in [2.45, 2.75) is 26.4 Å². The van der Waals surface area contributed by atoms with Crippen molar-refractivity contribution in [1.82, 2.24) is 9.88 Å². The highest BCUT2D eigenvalue weighted by atomic mass is 16.8. The van der Waals surface area contributed by atoms with Crippen molar-refractivity contribution >= 4 is 17.6 Å². The van der Waals surface area contributed by atoms with Crippen molar-refractivity contribution in [2.24, 2.45) is 0 Å². The van der Waals surface area contributed by atoms with Crippen LogP contribution in [-0.4, -0.2) is 53.0 Å². The topological polar surface area (TPSA) is 93.4 Å². The number of carbonyl (C=O) groups excluding carboxylic acids is 1. The van der Waals surface area contributed by atoms with Crippen LogP contribution in [0.4, 0.5) is 16.3 Å². The van der Waals surface area contributed by atoms with Gasteiger partial charge in [0, 0.05) is 32.2 Å². The lowest BCUT2D eigenvalue weighted by Gasteiger charge is -2.36. The molecule has 22 heavy (non-hydrogen) atoms. The number of quaternary nitrogens is 1. The molecule has 1 aromatic rings. The van der Waals surface area contributed by atoms with Crippen LogP contribution in [0.15, 0.2) is 18.3 Å². The van der Waals surface area contributed by atoms with Crippen LogP contribution in [0.2, 0.25) is 0 Å². The Morgan fingerprint density at radius 1 is 1.32 bits per heavy atom. The Hall–Kier alpha value is -1.90. The molecular formula is C14H22N4O4. The second-order valence-electron chi connectivity index (χ2n) is 6.16. The van der Waals surface area contributed by atoms with E-state index >= 15 is 0 Å². The van der Waals surface area contributed by atoms with Crippen LogP contribution in [-0.2, 0) is 4.74 Å². The molecule has 1 unspecified atom stereocenters. The van der Waals surface area contributed by atoms with Crippen LogP contribution >= 0.6 is 0 Å². The van der Waals surface area contributed by atoms with Gasteiger partial charge in [0.05, 0.1) is 11.9 Å². The molecule has 1 saturated heterocycles. The van der Waals surface area contributed by atoms with Crippen LogP contribution in [0.5, 0.6) is 0 Å². The fourth-order valence-electron chi connectivity index (χ4n) is 2.17. The van der Waals surface area contributed by atoms with Gasteiger partial charge in [-0.2, -0.15) is 10.2 Å². The lowest BCUT2D eigenvalue weighted by Crippen LogP contribution is -2.99. The first-order chi connectivity index (χ1) is 10.3. The van der Waals surface area contributed by atoms with Gasteiger partial charge in [-0.1, -0.05) is 0 Å². The van der Waals surface area contributed by atoms with Crippen LogP contribution in [0.25, 0.3) is 0 Å². The molecule has 0 aliphatic carbocycles. The van der Waals surface area contributed by atoms with E-state index in [0.29, 0.717) is 26.2 Å². The van der Waals surface area contributed by atoms with Gasteiger partial charge in [0.25, 0.3) is 5.82 Å². The second-order valence-corrected chi connectivity index (χ2v) is 6.16. The number of amides is 1. The largest absolute Gasteiger partial charge is 0.594 e. The lowest BCUT2D eigenvalue weighted by molar-refractivity contribution is -0.993. The first-order valence-corrected chi connectivity index (χ1v) is 7.18. The van der Waals surface area contributed by atoms with E-state index in [1.807, 2.05) is 20.8 Å². The summed E-state index contributed by atoms with van der Waals surface area (Å²) >= 11 is 0. The van der Waals surface area contributed by atoms with E-state index in [2.05, 4.69) is 9.88 Å². The fraction of sp³-hybridized carbons (Fsp3) is 0.571. The van der Waals surface area contributed by atoms with E-state index in [9.17, 15) is 10.0 Å². The first kappa shape index (κ1) is 16.5. The molecule has 1 aliphatic heterocycles. The van der Waals surface area contributed by atoms with Crippen LogP contribution in [0, 0.1) is 5.21 Å². The van der Waals surface area contributed by atoms with Gasteiger partial charge in [0.1, 0.15) is 5.60 Å². The van der Waals surface area contributed by atoms with Gasteiger partial charge in [-0.15, -0.1) is 0 Å². The highest BCUT2D eigenvalue weighted by Gasteiger charge is 2.26. The number of piperazine rings is 1. The zero-order chi connectivity index (χ0) is 16.3. The van der Waals surface area contributed by atoms with Crippen LogP contribution in [0.3, 0.4) is 0 Å². The predicted molar refractivity (Wildman–Crippen MR) is 80.0 cm³/mol. The normalized spacial score (nSPS) is 17.3. The van der Waals surface area contributed by atoms with Crippen molar-refractivity contribution in [1.29, 1.82) is 0 Å². The lowest BCUT2D eigenvalue weighted by atomic mass is 10.2. The minimum Gasteiger partial charge on any atom is -0.594 e. The second kappa shape index (κ2) is 6.47. The molecule has 0 saturated carbocycles. The van der Waals surface area contributed by atoms with E-state index in [0.717, 1.165) is 5.69 Å². The summed E-state index contributed by atoms with van der Waals surface area (Å²) in [5, 5.41) is 18.6. The van der Waals surface area contributed by atoms with Crippen molar-refractivity contribution in [2.75, 3.05) is 31.1 Å². The van der Waals surface area contributed by atoms with E-state index in [1.165, 1.54) is 6.07 Å². The minimum atomic E-state index is -1.04. The van der Waals surface area contributed by atoms with Crippen molar-refractivity contribution in [3.05, 3.63) is 23.5 Å². The number of carbonyl (C=O) groups is 1. The molecule has 2 rings (SSSR count). The number of nitrogens with one attached hydrogen (secondary N) is 1. The van der Waals surface area contributed by atoms with E-state index in [1.54, 1.807) is 17.2 Å². The number of rotatable bonds is 2. The summed E-state index contributed by atoms with van der Waals surface area (Å²) in [6.45, 7) is 7.98. The van der Waals surface area contributed by atoms with Crippen molar-refractivity contribution in [3.63, 3.8) is 0 Å². The van der Waals surface area contributed by atoms with Gasteiger partial charge >= 0.3 is 6.09 Å². The Kier molecular flexibility index (Phi) is 4.84. The van der Waals surface area contributed by atoms with Crippen LogP contribution < -0.4 is 10.1 Å². The number of aromatic nitrogens is 1. The molecule has 0 aromatic carbocycles. The third kappa shape index (κ3) is 4.30. The summed E-state index contributed by atoms with van der Waals surface area (Å²) in [6.07, 6.45) is 1.25. The number of nitrogens with zero attached hydrogens (tertiary/aromatic N) is 3. The predicted octanol–water partition coefficient (Wildman–Crippen LogP) is 0.542. The third-order valence-electron chi connectivity index (χ3n) is 3.26. The number of pyridine rings is 1. The molecule has 2 heterocycles. The van der Waals surface area contributed by atoms with E-state index in [-0.39, 0.29) is 11.9 Å². The van der Waals surface area contributed by atoms with E-state index < -0.39 is 10.8 Å². The number of hydrogen-bond donors (Lipinski definition) is 2. The summed E-state index contributed by atoms with van der Waals surface area (Å²) in [6, 6.07) is 3.22. The molecule has 1 amide bonds. The maximum atomic E-state index is 12.0. The molecule has 2 N–H and O–H groups in total. The zero-order valence-electron chi connectivity index (χ0n) is 13.1. The van der Waals surface area contributed by atoms with Gasteiger partial charge in [-0.3, -0.25) is 0 Å². The summed E-state index contributed by atoms with van der Waals surface area (Å²) in [7, 11) is 0. The van der Waals surface area contributed by atoms with Gasteiger partial charge in [-0.25, -0.2) is 10.0 Å². The molecule has 1 fully saturated rings. The van der Waals surface area contributed by atoms with Gasteiger partial charge in [0.15, 0.2) is 0 Å². The van der Waals surface area contributed by atoms with Gasteiger partial charge in [0.2, 0.25) is 0 Å². The summed E-state index contributed by atoms with van der Waals surface area (Å²) in [5.74, 6) is 0.0242. The Labute approximate surface area is 129 Å². The maximum Gasteiger partial charge on any atom is 0.410 e. The molecule has 8 nitrogen and oxygen atoms in total. The highest BCUT2D eigenvalue weighted by Crippen LogP contribution is 2.17. The Bertz CT molecular complexity index is 505. The monoisotopic (exact) mass is 310 g/mol. The summed E-state index contributed by atoms with van der Waals surface area (Å²) < 4.78 is 5.35. The Balaban J connectivity index is 1.90. The molecule has 1 atom stereocenters. The van der Waals surface area contributed by atoms with Crippen molar-refractivity contribution in [3.8, 4) is 0 Å². The zero-order valence-corrected chi connectivity index (χ0v) is 13.1. The third-order valence-corrected chi connectivity index (χ3v) is 3.26. The molecule has 0 spiro atoms. The number of ether oxygens (including phenoxy) is 1. The average molecular weight is 310 g/mol. The molecule has 1 aromatic heterocycles. The summed E-state index contributed by atoms with van der Waals surface area (Å²) in [4.78, 5) is 19.6. The standard InChI is InChI=1S/C14H22N4O4/c1-14(2,3)22-13(19)17-8-6-16(7-9-17)11-4-5-12(15-10-11)18(20)21/h4-5,10,18,20H,6-9H2,1-3H3. The average Bonchev–Trinajstić information content (AvgIpc) is 2.46. The van der Waals surface area contributed by atoms with Crippen LogP contribution in [0.1, 0.15) is 20.8 Å². The van der Waals surface area contributed by atoms with Gasteiger partial charge < -0.3 is 19.7 Å². The molecule has 8 heteroatoms. The maximum absolute atomic E-state index is 12.0. The quantitative estimate of drug-likeness (QED) is 0.775. The minimum absolute atomic E-state index is 0.0242. The molecule has 1 aliphatic rings. The van der Waals surface area contributed by atoms with Crippen molar-refractivity contribution < 1.29 is 20.0 Å².